The number of carbonyl (C=O) groups is 1. The Morgan fingerprint density at radius 1 is 1.30 bits per heavy atom. The van der Waals surface area contributed by atoms with Crippen molar-refractivity contribution in [1.82, 2.24) is 0 Å². The van der Waals surface area contributed by atoms with E-state index in [0.29, 0.717) is 32.6 Å². The minimum absolute atomic E-state index is 0. The third-order valence-corrected chi connectivity index (χ3v) is 4.02. The third-order valence-electron chi connectivity index (χ3n) is 4.02. The van der Waals surface area contributed by atoms with E-state index in [1.54, 1.807) is 4.90 Å². The van der Waals surface area contributed by atoms with Gasteiger partial charge >= 0.3 is 0 Å². The molecule has 2 rings (SSSR count). The van der Waals surface area contributed by atoms with E-state index in [1.165, 1.54) is 5.56 Å². The molecule has 5 heteroatoms. The van der Waals surface area contributed by atoms with Gasteiger partial charge in [-0.05, 0) is 31.9 Å². The topological polar surface area (TPSA) is 55.6 Å². The monoisotopic (exact) mass is 298 g/mol. The lowest BCUT2D eigenvalue weighted by Crippen LogP contribution is -2.49. The van der Waals surface area contributed by atoms with Gasteiger partial charge in [-0.2, -0.15) is 0 Å². The van der Waals surface area contributed by atoms with Crippen LogP contribution in [0.5, 0.6) is 0 Å². The van der Waals surface area contributed by atoms with E-state index in [2.05, 4.69) is 0 Å². The van der Waals surface area contributed by atoms with E-state index < -0.39 is 5.41 Å². The standard InChI is InChI=1S/C15H22N2O2.ClH/c1-12-3-5-13(6-4-12)17(2)14(18)15(11-16)7-9-19-10-8-15;/h3-6H,7-11,16H2,1-2H3;1H. The highest BCUT2D eigenvalue weighted by molar-refractivity contribution is 5.97. The summed E-state index contributed by atoms with van der Waals surface area (Å²) in [5, 5.41) is 0. The molecule has 1 amide bonds. The lowest BCUT2D eigenvalue weighted by molar-refractivity contribution is -0.132. The molecule has 1 aliphatic rings. The molecule has 4 nitrogen and oxygen atoms in total. The van der Waals surface area contributed by atoms with Crippen molar-refractivity contribution < 1.29 is 9.53 Å². The zero-order valence-electron chi connectivity index (χ0n) is 12.1. The Morgan fingerprint density at radius 3 is 2.35 bits per heavy atom. The Bertz CT molecular complexity index is 442. The van der Waals surface area contributed by atoms with Gasteiger partial charge in [0.1, 0.15) is 0 Å². The summed E-state index contributed by atoms with van der Waals surface area (Å²) < 4.78 is 5.35. The molecule has 0 unspecified atom stereocenters. The molecule has 1 aliphatic heterocycles. The molecular weight excluding hydrogens is 276 g/mol. The van der Waals surface area contributed by atoms with Crippen molar-refractivity contribution in [2.75, 3.05) is 31.7 Å². The van der Waals surface area contributed by atoms with Gasteiger partial charge in [0.15, 0.2) is 0 Å². The molecule has 1 aromatic carbocycles. The zero-order chi connectivity index (χ0) is 13.9. The van der Waals surface area contributed by atoms with Crippen LogP contribution in [-0.2, 0) is 9.53 Å². The Kier molecular flexibility index (Phi) is 5.99. The molecule has 1 aromatic rings. The number of carbonyl (C=O) groups excluding carboxylic acids is 1. The maximum atomic E-state index is 12.7. The Hall–Kier alpha value is -1.10. The lowest BCUT2D eigenvalue weighted by Gasteiger charge is -2.37. The summed E-state index contributed by atoms with van der Waals surface area (Å²) in [6, 6.07) is 7.96. The Labute approximate surface area is 126 Å². The highest BCUT2D eigenvalue weighted by Crippen LogP contribution is 2.32. The first-order valence-electron chi connectivity index (χ1n) is 6.72. The first-order chi connectivity index (χ1) is 9.09. The number of nitrogens with two attached hydrogens (primary N) is 1. The summed E-state index contributed by atoms with van der Waals surface area (Å²) in [6.07, 6.45) is 1.41. The van der Waals surface area contributed by atoms with Gasteiger partial charge in [-0.15, -0.1) is 12.4 Å². The second kappa shape index (κ2) is 7.07. The van der Waals surface area contributed by atoms with Gasteiger partial charge < -0.3 is 15.4 Å². The molecule has 1 heterocycles. The summed E-state index contributed by atoms with van der Waals surface area (Å²) in [5.74, 6) is 0.0992. The summed E-state index contributed by atoms with van der Waals surface area (Å²) in [7, 11) is 1.82. The number of rotatable bonds is 3. The average Bonchev–Trinajstić information content (AvgIpc) is 2.47. The van der Waals surface area contributed by atoms with Crippen molar-refractivity contribution in [3.05, 3.63) is 29.8 Å². The van der Waals surface area contributed by atoms with Crippen molar-refractivity contribution in [1.29, 1.82) is 0 Å². The highest BCUT2D eigenvalue weighted by Gasteiger charge is 2.40. The number of amides is 1. The summed E-state index contributed by atoms with van der Waals surface area (Å²) in [6.45, 7) is 3.65. The summed E-state index contributed by atoms with van der Waals surface area (Å²) in [5.41, 5.74) is 7.51. The fraction of sp³-hybridized carbons (Fsp3) is 0.533. The molecule has 0 radical (unpaired) electrons. The van der Waals surface area contributed by atoms with Crippen LogP contribution in [0.4, 0.5) is 5.69 Å². The molecule has 2 N–H and O–H groups in total. The average molecular weight is 299 g/mol. The molecule has 0 bridgehead atoms. The minimum Gasteiger partial charge on any atom is -0.381 e. The lowest BCUT2D eigenvalue weighted by atomic mass is 9.79. The predicted molar refractivity (Wildman–Crippen MR) is 83.4 cm³/mol. The second-order valence-corrected chi connectivity index (χ2v) is 5.30. The van der Waals surface area contributed by atoms with Crippen LogP contribution in [0, 0.1) is 12.3 Å². The number of ether oxygens (including phenoxy) is 1. The van der Waals surface area contributed by atoms with Crippen molar-refractivity contribution in [2.45, 2.75) is 19.8 Å². The third kappa shape index (κ3) is 3.32. The van der Waals surface area contributed by atoms with Crippen molar-refractivity contribution in [2.24, 2.45) is 11.1 Å². The number of benzene rings is 1. The molecule has 1 fully saturated rings. The van der Waals surface area contributed by atoms with Crippen LogP contribution in [0.2, 0.25) is 0 Å². The molecule has 0 aliphatic carbocycles. The SMILES string of the molecule is Cc1ccc(N(C)C(=O)C2(CN)CCOCC2)cc1.Cl. The molecule has 0 spiro atoms. The van der Waals surface area contributed by atoms with Crippen molar-refractivity contribution in [3.8, 4) is 0 Å². The number of hydrogen-bond acceptors (Lipinski definition) is 3. The van der Waals surface area contributed by atoms with E-state index in [4.69, 9.17) is 10.5 Å². The van der Waals surface area contributed by atoms with Gasteiger partial charge in [0.25, 0.3) is 0 Å². The number of halogens is 1. The number of nitrogens with zero attached hydrogens (tertiary/aromatic N) is 1. The summed E-state index contributed by atoms with van der Waals surface area (Å²) >= 11 is 0. The molecule has 20 heavy (non-hydrogen) atoms. The maximum Gasteiger partial charge on any atom is 0.234 e. The van der Waals surface area contributed by atoms with Crippen LogP contribution in [-0.4, -0.2) is 32.7 Å². The van der Waals surface area contributed by atoms with Crippen molar-refractivity contribution >= 4 is 24.0 Å². The van der Waals surface area contributed by atoms with E-state index in [1.807, 2.05) is 38.2 Å². The number of aryl methyl sites for hydroxylation is 1. The Morgan fingerprint density at radius 2 is 1.85 bits per heavy atom. The first kappa shape index (κ1) is 17.0. The van der Waals surface area contributed by atoms with Gasteiger partial charge in [-0.1, -0.05) is 17.7 Å². The van der Waals surface area contributed by atoms with Crippen LogP contribution in [0.15, 0.2) is 24.3 Å². The molecular formula is C15H23ClN2O2. The minimum atomic E-state index is -0.460. The normalized spacial score (nSPS) is 17.1. The maximum absolute atomic E-state index is 12.7. The molecule has 0 saturated carbocycles. The molecule has 112 valence electrons. The number of hydrogen-bond donors (Lipinski definition) is 1. The predicted octanol–water partition coefficient (Wildman–Crippen LogP) is 2.14. The largest absolute Gasteiger partial charge is 0.381 e. The van der Waals surface area contributed by atoms with Gasteiger partial charge in [0.05, 0.1) is 5.41 Å². The molecule has 0 atom stereocenters. The van der Waals surface area contributed by atoms with E-state index in [0.717, 1.165) is 5.69 Å². The summed E-state index contributed by atoms with van der Waals surface area (Å²) in [4.78, 5) is 14.4. The van der Waals surface area contributed by atoms with Gasteiger partial charge in [-0.25, -0.2) is 0 Å². The Balaban J connectivity index is 0.00000200. The fourth-order valence-corrected chi connectivity index (χ4v) is 2.51. The second-order valence-electron chi connectivity index (χ2n) is 5.30. The van der Waals surface area contributed by atoms with E-state index in [-0.39, 0.29) is 18.3 Å². The highest BCUT2D eigenvalue weighted by atomic mass is 35.5. The first-order valence-corrected chi connectivity index (χ1v) is 6.72. The van der Waals surface area contributed by atoms with Gasteiger partial charge in [0.2, 0.25) is 5.91 Å². The molecule has 1 saturated heterocycles. The smallest absolute Gasteiger partial charge is 0.234 e. The van der Waals surface area contributed by atoms with E-state index >= 15 is 0 Å². The fourth-order valence-electron chi connectivity index (χ4n) is 2.51. The van der Waals surface area contributed by atoms with Crippen LogP contribution in [0.25, 0.3) is 0 Å². The van der Waals surface area contributed by atoms with Gasteiger partial charge in [0, 0.05) is 32.5 Å². The van der Waals surface area contributed by atoms with Crippen LogP contribution >= 0.6 is 12.4 Å². The van der Waals surface area contributed by atoms with Crippen LogP contribution < -0.4 is 10.6 Å². The number of anilines is 1. The van der Waals surface area contributed by atoms with Crippen molar-refractivity contribution in [3.63, 3.8) is 0 Å². The van der Waals surface area contributed by atoms with Gasteiger partial charge in [-0.3, -0.25) is 4.79 Å². The van der Waals surface area contributed by atoms with E-state index in [9.17, 15) is 4.79 Å². The molecule has 0 aromatic heterocycles. The zero-order valence-corrected chi connectivity index (χ0v) is 12.9. The van der Waals surface area contributed by atoms with Crippen LogP contribution in [0.3, 0.4) is 0 Å². The quantitative estimate of drug-likeness (QED) is 0.930. The van der Waals surface area contributed by atoms with Crippen LogP contribution in [0.1, 0.15) is 18.4 Å².